The van der Waals surface area contributed by atoms with Crippen LogP contribution in [0.3, 0.4) is 0 Å². The largest absolute Gasteiger partial charge is 0.488 e. The van der Waals surface area contributed by atoms with Crippen molar-refractivity contribution in [3.63, 3.8) is 0 Å². The van der Waals surface area contributed by atoms with E-state index < -0.39 is 0 Å². The first-order valence-electron chi connectivity index (χ1n) is 4.91. The van der Waals surface area contributed by atoms with Crippen LogP contribution in [0.2, 0.25) is 0 Å². The SMILES string of the molecule is Cc1cc(OC2CCOC2)cc(C#N)n1. The minimum atomic E-state index is 0.110. The number of hydrogen-bond acceptors (Lipinski definition) is 4. The highest BCUT2D eigenvalue weighted by atomic mass is 16.5. The normalized spacial score (nSPS) is 19.9. The lowest BCUT2D eigenvalue weighted by Gasteiger charge is -2.11. The highest BCUT2D eigenvalue weighted by Gasteiger charge is 2.17. The van der Waals surface area contributed by atoms with Crippen LogP contribution >= 0.6 is 0 Å². The Morgan fingerprint density at radius 2 is 2.47 bits per heavy atom. The van der Waals surface area contributed by atoms with Gasteiger partial charge < -0.3 is 9.47 Å². The molecule has 1 aliphatic heterocycles. The van der Waals surface area contributed by atoms with E-state index in [0.717, 1.165) is 18.7 Å². The summed E-state index contributed by atoms with van der Waals surface area (Å²) in [6.07, 6.45) is 1.02. The Balaban J connectivity index is 2.13. The lowest BCUT2D eigenvalue weighted by atomic mass is 10.3. The third-order valence-corrected chi connectivity index (χ3v) is 2.23. The van der Waals surface area contributed by atoms with Crippen molar-refractivity contribution in [1.82, 2.24) is 4.98 Å². The van der Waals surface area contributed by atoms with Crippen LogP contribution in [0.4, 0.5) is 0 Å². The van der Waals surface area contributed by atoms with Crippen molar-refractivity contribution in [3.05, 3.63) is 23.5 Å². The minimum absolute atomic E-state index is 0.110. The Morgan fingerprint density at radius 3 is 3.13 bits per heavy atom. The molecule has 1 aliphatic rings. The molecular weight excluding hydrogens is 192 g/mol. The Labute approximate surface area is 88.5 Å². The zero-order chi connectivity index (χ0) is 10.7. The molecule has 4 heteroatoms. The van der Waals surface area contributed by atoms with Gasteiger partial charge in [0.1, 0.15) is 23.6 Å². The summed E-state index contributed by atoms with van der Waals surface area (Å²) in [5.41, 5.74) is 1.19. The van der Waals surface area contributed by atoms with E-state index in [4.69, 9.17) is 14.7 Å². The Morgan fingerprint density at radius 1 is 1.60 bits per heavy atom. The average molecular weight is 204 g/mol. The monoisotopic (exact) mass is 204 g/mol. The van der Waals surface area contributed by atoms with E-state index in [1.807, 2.05) is 19.1 Å². The van der Waals surface area contributed by atoms with Crippen molar-refractivity contribution >= 4 is 0 Å². The van der Waals surface area contributed by atoms with Gasteiger partial charge in [0.2, 0.25) is 0 Å². The van der Waals surface area contributed by atoms with Crippen molar-refractivity contribution in [2.75, 3.05) is 13.2 Å². The Bertz CT molecular complexity index is 392. The molecule has 2 heterocycles. The van der Waals surface area contributed by atoms with Crippen LogP contribution in [-0.4, -0.2) is 24.3 Å². The predicted octanol–water partition coefficient (Wildman–Crippen LogP) is 1.43. The van der Waals surface area contributed by atoms with Gasteiger partial charge in [0.05, 0.1) is 13.2 Å². The van der Waals surface area contributed by atoms with Crippen molar-refractivity contribution in [2.45, 2.75) is 19.4 Å². The Hall–Kier alpha value is -1.60. The minimum Gasteiger partial charge on any atom is -0.488 e. The van der Waals surface area contributed by atoms with Crippen molar-refractivity contribution in [2.24, 2.45) is 0 Å². The molecule has 1 unspecified atom stereocenters. The molecule has 0 aromatic carbocycles. The zero-order valence-electron chi connectivity index (χ0n) is 8.56. The molecule has 1 saturated heterocycles. The number of pyridine rings is 1. The van der Waals surface area contributed by atoms with Gasteiger partial charge in [0, 0.05) is 24.2 Å². The summed E-state index contributed by atoms with van der Waals surface area (Å²) in [7, 11) is 0. The molecule has 0 saturated carbocycles. The van der Waals surface area contributed by atoms with E-state index in [1.54, 1.807) is 6.07 Å². The van der Waals surface area contributed by atoms with Crippen LogP contribution in [0.25, 0.3) is 0 Å². The first-order valence-corrected chi connectivity index (χ1v) is 4.91. The molecule has 15 heavy (non-hydrogen) atoms. The molecule has 0 radical (unpaired) electrons. The summed E-state index contributed by atoms with van der Waals surface area (Å²) in [4.78, 5) is 4.05. The van der Waals surface area contributed by atoms with Gasteiger partial charge in [-0.15, -0.1) is 0 Å². The second-order valence-corrected chi connectivity index (χ2v) is 3.54. The van der Waals surface area contributed by atoms with Gasteiger partial charge in [0.25, 0.3) is 0 Å². The molecule has 1 fully saturated rings. The van der Waals surface area contributed by atoms with E-state index in [-0.39, 0.29) is 6.10 Å². The fourth-order valence-corrected chi connectivity index (χ4v) is 1.56. The number of aromatic nitrogens is 1. The van der Waals surface area contributed by atoms with Gasteiger partial charge in [0.15, 0.2) is 0 Å². The number of nitriles is 1. The van der Waals surface area contributed by atoms with Crippen LogP contribution in [0.15, 0.2) is 12.1 Å². The molecule has 1 aromatic heterocycles. The van der Waals surface area contributed by atoms with Crippen molar-refractivity contribution < 1.29 is 9.47 Å². The van der Waals surface area contributed by atoms with Gasteiger partial charge in [-0.25, -0.2) is 4.98 Å². The fraction of sp³-hybridized carbons (Fsp3) is 0.455. The maximum atomic E-state index is 8.75. The fourth-order valence-electron chi connectivity index (χ4n) is 1.56. The van der Waals surface area contributed by atoms with Crippen LogP contribution in [0.1, 0.15) is 17.8 Å². The molecule has 0 aliphatic carbocycles. The van der Waals surface area contributed by atoms with Crippen LogP contribution in [-0.2, 0) is 4.74 Å². The molecule has 1 atom stereocenters. The van der Waals surface area contributed by atoms with Gasteiger partial charge in [-0.2, -0.15) is 5.26 Å². The van der Waals surface area contributed by atoms with Crippen LogP contribution in [0.5, 0.6) is 5.75 Å². The maximum Gasteiger partial charge on any atom is 0.144 e. The quantitative estimate of drug-likeness (QED) is 0.731. The first-order chi connectivity index (χ1) is 7.28. The van der Waals surface area contributed by atoms with E-state index in [9.17, 15) is 0 Å². The second kappa shape index (κ2) is 4.28. The van der Waals surface area contributed by atoms with Gasteiger partial charge in [-0.1, -0.05) is 0 Å². The topological polar surface area (TPSA) is 55.1 Å². The van der Waals surface area contributed by atoms with E-state index in [1.165, 1.54) is 0 Å². The standard InChI is InChI=1S/C11H12N2O2/c1-8-4-11(5-9(6-12)13-8)15-10-2-3-14-7-10/h4-5,10H,2-3,7H2,1H3. The highest BCUT2D eigenvalue weighted by Crippen LogP contribution is 2.18. The molecule has 2 rings (SSSR count). The zero-order valence-corrected chi connectivity index (χ0v) is 8.56. The summed E-state index contributed by atoms with van der Waals surface area (Å²) in [6.45, 7) is 3.22. The average Bonchev–Trinajstić information content (AvgIpc) is 2.69. The van der Waals surface area contributed by atoms with Crippen LogP contribution < -0.4 is 4.74 Å². The molecule has 0 spiro atoms. The van der Waals surface area contributed by atoms with E-state index in [2.05, 4.69) is 4.98 Å². The number of nitrogens with zero attached hydrogens (tertiary/aromatic N) is 2. The molecule has 0 bridgehead atoms. The summed E-state index contributed by atoms with van der Waals surface area (Å²) in [5, 5.41) is 8.75. The molecule has 0 N–H and O–H groups in total. The van der Waals surface area contributed by atoms with Gasteiger partial charge >= 0.3 is 0 Å². The summed E-state index contributed by atoms with van der Waals surface area (Å²) >= 11 is 0. The van der Waals surface area contributed by atoms with Crippen molar-refractivity contribution in [1.29, 1.82) is 5.26 Å². The lowest BCUT2D eigenvalue weighted by molar-refractivity contribution is 0.141. The molecule has 78 valence electrons. The highest BCUT2D eigenvalue weighted by molar-refractivity contribution is 5.32. The number of rotatable bonds is 2. The third-order valence-electron chi connectivity index (χ3n) is 2.23. The van der Waals surface area contributed by atoms with Crippen LogP contribution in [0, 0.1) is 18.3 Å². The lowest BCUT2D eigenvalue weighted by Crippen LogP contribution is -2.15. The van der Waals surface area contributed by atoms with Crippen molar-refractivity contribution in [3.8, 4) is 11.8 Å². The molecule has 1 aromatic rings. The summed E-state index contributed by atoms with van der Waals surface area (Å²) < 4.78 is 10.9. The van der Waals surface area contributed by atoms with Gasteiger partial charge in [-0.05, 0) is 6.92 Å². The molecule has 0 amide bonds. The van der Waals surface area contributed by atoms with E-state index >= 15 is 0 Å². The summed E-state index contributed by atoms with van der Waals surface area (Å²) in [5.74, 6) is 0.703. The van der Waals surface area contributed by atoms with Gasteiger partial charge in [-0.3, -0.25) is 0 Å². The predicted molar refractivity (Wildman–Crippen MR) is 53.5 cm³/mol. The maximum absolute atomic E-state index is 8.75. The number of ether oxygens (including phenoxy) is 2. The summed E-state index contributed by atoms with van der Waals surface area (Å²) in [6, 6.07) is 5.50. The van der Waals surface area contributed by atoms with E-state index in [0.29, 0.717) is 18.1 Å². The first kappa shape index (κ1) is 9.94. The number of aryl methyl sites for hydroxylation is 1. The smallest absolute Gasteiger partial charge is 0.144 e. The Kier molecular flexibility index (Phi) is 2.84. The second-order valence-electron chi connectivity index (χ2n) is 3.54. The third kappa shape index (κ3) is 2.45. The number of hydrogen-bond donors (Lipinski definition) is 0. The molecule has 4 nitrogen and oxygen atoms in total. The molecular formula is C11H12N2O2.